The highest BCUT2D eigenvalue weighted by atomic mass is 16.6. The predicted molar refractivity (Wildman–Crippen MR) is 145 cm³/mol. The topological polar surface area (TPSA) is 91.4 Å². The van der Waals surface area contributed by atoms with Crippen molar-refractivity contribution in [3.05, 3.63) is 0 Å². The Bertz CT molecular complexity index is 970. The molecule has 1 heterocycles. The third-order valence-electron chi connectivity index (χ3n) is 11.8. The van der Waals surface area contributed by atoms with Crippen molar-refractivity contribution in [1.82, 2.24) is 0 Å². The summed E-state index contributed by atoms with van der Waals surface area (Å²) in [4.78, 5) is 36.6. The first-order valence-corrected chi connectivity index (χ1v) is 15.4. The number of carbonyl (C=O) groups is 3. The van der Waals surface area contributed by atoms with Crippen LogP contribution in [0.2, 0.25) is 0 Å². The molecule has 1 saturated heterocycles. The number of ether oxygens (including phenoxy) is 4. The Hall–Kier alpha value is -1.63. The van der Waals surface area contributed by atoms with Crippen LogP contribution in [0.1, 0.15) is 99.3 Å². The van der Waals surface area contributed by atoms with E-state index < -0.39 is 5.41 Å². The van der Waals surface area contributed by atoms with Crippen LogP contribution < -0.4 is 0 Å². The van der Waals surface area contributed by atoms with Crippen LogP contribution >= 0.6 is 0 Å². The summed E-state index contributed by atoms with van der Waals surface area (Å²) in [6.45, 7) is 12.5. The number of esters is 3. The van der Waals surface area contributed by atoms with Gasteiger partial charge in [0, 0.05) is 24.7 Å². The monoisotopic (exact) mass is 546 g/mol. The molecule has 39 heavy (non-hydrogen) atoms. The molecule has 7 heteroatoms. The molecule has 0 unspecified atom stereocenters. The number of epoxide rings is 1. The Morgan fingerprint density at radius 2 is 1.74 bits per heavy atom. The Morgan fingerprint density at radius 1 is 1.00 bits per heavy atom. The number of carbonyl (C=O) groups excluding carboxylic acids is 3. The summed E-state index contributed by atoms with van der Waals surface area (Å²) in [5.41, 5.74) is -0.439. The number of methoxy groups -OCH3 is 1. The fraction of sp³-hybridized carbons (Fsp3) is 0.906. The highest BCUT2D eigenvalue weighted by Gasteiger charge is 2.72. The van der Waals surface area contributed by atoms with E-state index in [0.29, 0.717) is 42.6 Å². The van der Waals surface area contributed by atoms with Crippen LogP contribution in [0.25, 0.3) is 0 Å². The minimum absolute atomic E-state index is 0.0827. The normalized spacial score (nSPS) is 43.2. The van der Waals surface area contributed by atoms with Crippen molar-refractivity contribution in [2.75, 3.05) is 13.7 Å². The van der Waals surface area contributed by atoms with E-state index in [-0.39, 0.29) is 53.0 Å². The molecule has 0 aromatic heterocycles. The third kappa shape index (κ3) is 5.04. The molecule has 4 saturated carbocycles. The van der Waals surface area contributed by atoms with Crippen molar-refractivity contribution in [1.29, 1.82) is 0 Å². The molecule has 0 aromatic rings. The lowest BCUT2D eigenvalue weighted by molar-refractivity contribution is -0.181. The van der Waals surface area contributed by atoms with Crippen LogP contribution in [0, 0.1) is 51.8 Å². The molecular formula is C32H50O7. The van der Waals surface area contributed by atoms with Crippen LogP contribution in [0.5, 0.6) is 0 Å². The summed E-state index contributed by atoms with van der Waals surface area (Å²) < 4.78 is 23.3. The fourth-order valence-corrected chi connectivity index (χ4v) is 9.93. The van der Waals surface area contributed by atoms with Crippen LogP contribution in [-0.2, 0) is 33.3 Å². The summed E-state index contributed by atoms with van der Waals surface area (Å²) in [6.07, 6.45) is 8.92. The maximum atomic E-state index is 13.0. The zero-order valence-electron chi connectivity index (χ0n) is 25.1. The SMILES string of the molecule is COC(=O)CC[C@@H](C)[C@H]1CC[C@H]2[C@@H]3[C@@H]4O[C@@H]4[C@@H]4C[C@H](OC(C)=O)CC[C@]4(COC(=O)C(C)(C)C)[C@H]3CC[C@]12C. The Morgan fingerprint density at radius 3 is 2.41 bits per heavy atom. The second-order valence-electron chi connectivity index (χ2n) is 14.8. The zero-order chi connectivity index (χ0) is 28.3. The summed E-state index contributed by atoms with van der Waals surface area (Å²) in [5, 5.41) is 0. The van der Waals surface area contributed by atoms with Gasteiger partial charge >= 0.3 is 17.9 Å². The first-order chi connectivity index (χ1) is 18.3. The minimum atomic E-state index is -0.544. The van der Waals surface area contributed by atoms with E-state index >= 15 is 0 Å². The van der Waals surface area contributed by atoms with Gasteiger partial charge < -0.3 is 18.9 Å². The van der Waals surface area contributed by atoms with E-state index in [2.05, 4.69) is 13.8 Å². The smallest absolute Gasteiger partial charge is 0.311 e. The lowest BCUT2D eigenvalue weighted by Crippen LogP contribution is -2.60. The summed E-state index contributed by atoms with van der Waals surface area (Å²) in [6, 6.07) is 0. The minimum Gasteiger partial charge on any atom is -0.469 e. The zero-order valence-corrected chi connectivity index (χ0v) is 25.1. The molecule has 4 aliphatic carbocycles. The van der Waals surface area contributed by atoms with Crippen LogP contribution in [0.3, 0.4) is 0 Å². The number of hydrogen-bond donors (Lipinski definition) is 0. The maximum Gasteiger partial charge on any atom is 0.311 e. The summed E-state index contributed by atoms with van der Waals surface area (Å²) in [7, 11) is 1.47. The number of hydrogen-bond acceptors (Lipinski definition) is 7. The molecule has 11 atom stereocenters. The van der Waals surface area contributed by atoms with E-state index in [4.69, 9.17) is 18.9 Å². The van der Waals surface area contributed by atoms with E-state index in [1.165, 1.54) is 33.3 Å². The van der Waals surface area contributed by atoms with Crippen molar-refractivity contribution in [3.8, 4) is 0 Å². The Kier molecular flexibility index (Phi) is 7.65. The van der Waals surface area contributed by atoms with Crippen LogP contribution in [0.4, 0.5) is 0 Å². The maximum absolute atomic E-state index is 13.0. The van der Waals surface area contributed by atoms with Gasteiger partial charge in [0.1, 0.15) is 6.10 Å². The van der Waals surface area contributed by atoms with E-state index in [0.717, 1.165) is 32.1 Å². The van der Waals surface area contributed by atoms with Crippen molar-refractivity contribution in [2.45, 2.75) is 118 Å². The van der Waals surface area contributed by atoms with E-state index in [9.17, 15) is 14.4 Å². The molecule has 0 aromatic carbocycles. The number of rotatable bonds is 7. The van der Waals surface area contributed by atoms with Crippen molar-refractivity contribution in [2.24, 2.45) is 51.8 Å². The largest absolute Gasteiger partial charge is 0.469 e. The Balaban J connectivity index is 1.40. The van der Waals surface area contributed by atoms with Crippen LogP contribution in [-0.4, -0.2) is 49.9 Å². The number of fused-ring (bicyclic) bond motifs is 8. The van der Waals surface area contributed by atoms with E-state index in [1.54, 1.807) is 0 Å². The Labute approximate surface area is 234 Å². The molecule has 1 aliphatic heterocycles. The predicted octanol–water partition coefficient (Wildman–Crippen LogP) is 5.72. The van der Waals surface area contributed by atoms with Crippen LogP contribution in [0.15, 0.2) is 0 Å². The second kappa shape index (κ2) is 10.3. The quantitative estimate of drug-likeness (QED) is 0.229. The molecule has 0 spiro atoms. The standard InChI is InChI=1S/C32H50O7/c1-18(8-11-25(34)36-7)21-9-10-22-26-23(13-14-31(21,22)6)32(17-37-29(35)30(3,4)5)15-12-20(38-19(2)33)16-24(32)27-28(26)39-27/h18,20-24,26-28H,8-17H2,1-7H3/t18-,20-,21-,22+,23+,24+,26+,27-,28+,31-,32+/m1/s1. The van der Waals surface area contributed by atoms with Gasteiger partial charge in [-0.05, 0) is 107 Å². The van der Waals surface area contributed by atoms with Crippen molar-refractivity contribution in [3.63, 3.8) is 0 Å². The molecule has 0 N–H and O–H groups in total. The fourth-order valence-electron chi connectivity index (χ4n) is 9.93. The van der Waals surface area contributed by atoms with Gasteiger partial charge in [0.15, 0.2) is 0 Å². The molecule has 7 nitrogen and oxygen atoms in total. The lowest BCUT2D eigenvalue weighted by atomic mass is 9.44. The van der Waals surface area contributed by atoms with Gasteiger partial charge in [-0.2, -0.15) is 0 Å². The molecule has 5 fully saturated rings. The molecule has 0 amide bonds. The first-order valence-electron chi connectivity index (χ1n) is 15.4. The average Bonchev–Trinajstić information content (AvgIpc) is 3.59. The highest BCUT2D eigenvalue weighted by Crippen LogP contribution is 2.72. The molecular weight excluding hydrogens is 496 g/mol. The average molecular weight is 547 g/mol. The lowest BCUT2D eigenvalue weighted by Gasteiger charge is -2.60. The van der Waals surface area contributed by atoms with Gasteiger partial charge in [-0.1, -0.05) is 13.8 Å². The molecule has 0 bridgehead atoms. The molecule has 5 aliphatic rings. The van der Waals surface area contributed by atoms with Gasteiger partial charge in [0.05, 0.1) is 31.3 Å². The first kappa shape index (κ1) is 28.9. The van der Waals surface area contributed by atoms with Gasteiger partial charge in [0.25, 0.3) is 0 Å². The third-order valence-corrected chi connectivity index (χ3v) is 11.8. The van der Waals surface area contributed by atoms with Gasteiger partial charge in [-0.15, -0.1) is 0 Å². The van der Waals surface area contributed by atoms with Gasteiger partial charge in [0.2, 0.25) is 0 Å². The highest BCUT2D eigenvalue weighted by molar-refractivity contribution is 5.75. The van der Waals surface area contributed by atoms with E-state index in [1.807, 2.05) is 20.8 Å². The molecule has 5 rings (SSSR count). The van der Waals surface area contributed by atoms with Crippen molar-refractivity contribution >= 4 is 17.9 Å². The summed E-state index contributed by atoms with van der Waals surface area (Å²) >= 11 is 0. The van der Waals surface area contributed by atoms with Crippen molar-refractivity contribution < 1.29 is 33.3 Å². The van der Waals surface area contributed by atoms with Gasteiger partial charge in [-0.25, -0.2) is 0 Å². The van der Waals surface area contributed by atoms with Gasteiger partial charge in [-0.3, -0.25) is 14.4 Å². The second-order valence-corrected chi connectivity index (χ2v) is 14.8. The summed E-state index contributed by atoms with van der Waals surface area (Å²) in [5.74, 6) is 2.33. The molecule has 220 valence electrons. The molecule has 0 radical (unpaired) electrons.